The molecule has 0 saturated carbocycles. The van der Waals surface area contributed by atoms with Crippen LogP contribution in [-0.2, 0) is 19.6 Å². The maximum Gasteiger partial charge on any atom is 0.241 e. The van der Waals surface area contributed by atoms with Crippen molar-refractivity contribution in [2.75, 3.05) is 17.2 Å². The van der Waals surface area contributed by atoms with E-state index in [1.54, 1.807) is 17.0 Å². The molecular weight excluding hydrogens is 324 g/mol. The van der Waals surface area contributed by atoms with Crippen LogP contribution in [0.4, 0.5) is 5.69 Å². The lowest BCUT2D eigenvalue weighted by atomic mass is 10.3. The van der Waals surface area contributed by atoms with Gasteiger partial charge in [-0.25, -0.2) is 8.42 Å². The Balaban J connectivity index is 1.76. The van der Waals surface area contributed by atoms with Crippen LogP contribution in [0.15, 0.2) is 29.2 Å². The van der Waals surface area contributed by atoms with Gasteiger partial charge in [-0.15, -0.1) is 0 Å². The molecule has 1 atom stereocenters. The Morgan fingerprint density at radius 3 is 2.45 bits per heavy atom. The fourth-order valence-electron chi connectivity index (χ4n) is 2.58. The minimum atomic E-state index is -3.72. The van der Waals surface area contributed by atoms with E-state index < -0.39 is 16.1 Å². The third-order valence-electron chi connectivity index (χ3n) is 3.76. The number of hydrogen-bond donors (Lipinski definition) is 1. The van der Waals surface area contributed by atoms with E-state index in [-0.39, 0.29) is 15.9 Å². The first-order valence-corrected chi connectivity index (χ1v) is 9.54. The number of rotatable bonds is 4. The van der Waals surface area contributed by atoms with Crippen molar-refractivity contribution in [3.8, 4) is 0 Å². The number of anilines is 1. The van der Waals surface area contributed by atoms with Crippen molar-refractivity contribution in [2.24, 2.45) is 0 Å². The van der Waals surface area contributed by atoms with Gasteiger partial charge in [-0.1, -0.05) is 11.8 Å². The minimum Gasteiger partial charge on any atom is -0.312 e. The molecule has 22 heavy (non-hydrogen) atoms. The third kappa shape index (κ3) is 3.04. The lowest BCUT2D eigenvalue weighted by molar-refractivity contribution is -0.117. The molecule has 118 valence electrons. The van der Waals surface area contributed by atoms with Crippen molar-refractivity contribution in [1.82, 2.24) is 4.72 Å². The maximum absolute atomic E-state index is 12.3. The van der Waals surface area contributed by atoms with E-state index >= 15 is 0 Å². The summed E-state index contributed by atoms with van der Waals surface area (Å²) >= 11 is 1.15. The van der Waals surface area contributed by atoms with Crippen LogP contribution in [0, 0.1) is 0 Å². The fourth-order valence-corrected chi connectivity index (χ4v) is 4.82. The molecule has 0 unspecified atom stereocenters. The molecule has 0 spiro atoms. The second kappa shape index (κ2) is 6.02. The summed E-state index contributed by atoms with van der Waals surface area (Å²) < 4.78 is 27.0. The van der Waals surface area contributed by atoms with E-state index in [0.29, 0.717) is 30.8 Å². The molecular formula is C14H16N2O4S2. The van der Waals surface area contributed by atoms with E-state index in [4.69, 9.17) is 0 Å². The highest BCUT2D eigenvalue weighted by Crippen LogP contribution is 2.24. The Morgan fingerprint density at radius 2 is 1.91 bits per heavy atom. The van der Waals surface area contributed by atoms with E-state index in [1.807, 2.05) is 0 Å². The monoisotopic (exact) mass is 340 g/mol. The topological polar surface area (TPSA) is 83.6 Å². The number of thioether (sulfide) groups is 1. The van der Waals surface area contributed by atoms with Gasteiger partial charge in [0.05, 0.1) is 10.9 Å². The molecule has 0 bridgehead atoms. The van der Waals surface area contributed by atoms with Crippen molar-refractivity contribution in [1.29, 1.82) is 0 Å². The van der Waals surface area contributed by atoms with Crippen LogP contribution in [-0.4, -0.2) is 37.8 Å². The lowest BCUT2D eigenvalue weighted by Gasteiger charge is -2.16. The van der Waals surface area contributed by atoms with Gasteiger partial charge in [-0.05, 0) is 37.1 Å². The fraction of sp³-hybridized carbons (Fsp3) is 0.429. The smallest absolute Gasteiger partial charge is 0.241 e. The van der Waals surface area contributed by atoms with Gasteiger partial charge in [0, 0.05) is 24.4 Å². The van der Waals surface area contributed by atoms with Gasteiger partial charge in [0.15, 0.2) is 0 Å². The average molecular weight is 340 g/mol. The highest BCUT2D eigenvalue weighted by atomic mass is 32.2. The largest absolute Gasteiger partial charge is 0.312 e. The maximum atomic E-state index is 12.3. The zero-order chi connectivity index (χ0) is 15.7. The number of hydrogen-bond acceptors (Lipinski definition) is 5. The first-order chi connectivity index (χ1) is 10.5. The van der Waals surface area contributed by atoms with Gasteiger partial charge in [-0.2, -0.15) is 4.72 Å². The molecule has 0 radical (unpaired) electrons. The van der Waals surface area contributed by atoms with Gasteiger partial charge >= 0.3 is 0 Å². The lowest BCUT2D eigenvalue weighted by Crippen LogP contribution is -2.37. The molecule has 8 heteroatoms. The quantitative estimate of drug-likeness (QED) is 0.888. The summed E-state index contributed by atoms with van der Waals surface area (Å²) in [6, 6.07) is 5.55. The Kier molecular flexibility index (Phi) is 4.24. The number of nitrogens with zero attached hydrogens (tertiary/aromatic N) is 1. The standard InChI is InChI=1S/C14H16N2O4S2/c17-13-2-1-8-16(13)10-3-5-11(6-4-10)22(19,20)15-12-7-9-21-14(12)18/h3-6,12,15H,1-2,7-9H2/t12-/m1/s1. The molecule has 1 aromatic carbocycles. The summed E-state index contributed by atoms with van der Waals surface area (Å²) in [6.07, 6.45) is 1.87. The highest BCUT2D eigenvalue weighted by molar-refractivity contribution is 8.14. The zero-order valence-electron chi connectivity index (χ0n) is 11.8. The number of sulfonamides is 1. The Hall–Kier alpha value is -1.38. The molecule has 2 aliphatic heterocycles. The van der Waals surface area contributed by atoms with Crippen LogP contribution < -0.4 is 9.62 Å². The van der Waals surface area contributed by atoms with E-state index in [9.17, 15) is 18.0 Å². The minimum absolute atomic E-state index is 0.0577. The Bertz CT molecular complexity index is 700. The molecule has 6 nitrogen and oxygen atoms in total. The van der Waals surface area contributed by atoms with Crippen LogP contribution in [0.5, 0.6) is 0 Å². The van der Waals surface area contributed by atoms with Crippen molar-refractivity contribution in [2.45, 2.75) is 30.2 Å². The number of amides is 1. The molecule has 1 N–H and O–H groups in total. The van der Waals surface area contributed by atoms with Crippen LogP contribution >= 0.6 is 11.8 Å². The van der Waals surface area contributed by atoms with Gasteiger partial charge < -0.3 is 4.90 Å². The summed E-state index contributed by atoms with van der Waals surface area (Å²) in [7, 11) is -3.72. The third-order valence-corrected chi connectivity index (χ3v) is 6.26. The number of carbonyl (C=O) groups excluding carboxylic acids is 2. The van der Waals surface area contributed by atoms with E-state index in [0.717, 1.165) is 18.2 Å². The van der Waals surface area contributed by atoms with Gasteiger partial charge in [0.25, 0.3) is 0 Å². The van der Waals surface area contributed by atoms with Crippen molar-refractivity contribution >= 4 is 38.5 Å². The molecule has 2 fully saturated rings. The van der Waals surface area contributed by atoms with Crippen molar-refractivity contribution < 1.29 is 18.0 Å². The number of nitrogens with one attached hydrogen (secondary N) is 1. The second-order valence-corrected chi connectivity index (χ2v) is 8.09. The van der Waals surface area contributed by atoms with E-state index in [2.05, 4.69) is 4.72 Å². The summed E-state index contributed by atoms with van der Waals surface area (Å²) in [5.74, 6) is 0.699. The van der Waals surface area contributed by atoms with Crippen LogP contribution in [0.2, 0.25) is 0 Å². The molecule has 2 saturated heterocycles. The molecule has 0 aliphatic carbocycles. The van der Waals surface area contributed by atoms with Crippen LogP contribution in [0.1, 0.15) is 19.3 Å². The van der Waals surface area contributed by atoms with Crippen LogP contribution in [0.25, 0.3) is 0 Å². The summed E-state index contributed by atoms with van der Waals surface area (Å²) in [5, 5.41) is -0.136. The van der Waals surface area contributed by atoms with Crippen LogP contribution in [0.3, 0.4) is 0 Å². The van der Waals surface area contributed by atoms with Crippen molar-refractivity contribution in [3.05, 3.63) is 24.3 Å². The van der Waals surface area contributed by atoms with Gasteiger partial charge in [-0.3, -0.25) is 9.59 Å². The molecule has 2 heterocycles. The summed E-state index contributed by atoms with van der Waals surface area (Å²) in [6.45, 7) is 0.664. The Labute approximate surface area is 133 Å². The molecule has 3 rings (SSSR count). The molecule has 1 amide bonds. The summed E-state index contributed by atoms with van der Waals surface area (Å²) in [5.41, 5.74) is 0.703. The number of benzene rings is 1. The number of carbonyl (C=O) groups is 2. The second-order valence-electron chi connectivity index (χ2n) is 5.27. The average Bonchev–Trinajstić information content (AvgIpc) is 3.08. The van der Waals surface area contributed by atoms with Gasteiger partial charge in [0.2, 0.25) is 21.0 Å². The molecule has 2 aliphatic rings. The first-order valence-electron chi connectivity index (χ1n) is 7.07. The SMILES string of the molecule is O=C1SCC[C@H]1NS(=O)(=O)c1ccc(N2CCCC2=O)cc1. The molecule has 1 aromatic rings. The summed E-state index contributed by atoms with van der Waals surface area (Å²) in [4.78, 5) is 25.0. The highest BCUT2D eigenvalue weighted by Gasteiger charge is 2.30. The van der Waals surface area contributed by atoms with E-state index in [1.165, 1.54) is 12.1 Å². The zero-order valence-corrected chi connectivity index (χ0v) is 13.5. The normalized spacial score (nSPS) is 22.5. The first kappa shape index (κ1) is 15.5. The Morgan fingerprint density at radius 1 is 1.18 bits per heavy atom. The van der Waals surface area contributed by atoms with Crippen molar-refractivity contribution in [3.63, 3.8) is 0 Å². The van der Waals surface area contributed by atoms with Gasteiger partial charge in [0.1, 0.15) is 0 Å². The predicted molar refractivity (Wildman–Crippen MR) is 84.2 cm³/mol. The predicted octanol–water partition coefficient (Wildman–Crippen LogP) is 1.12. The molecule has 0 aromatic heterocycles.